The molecule has 0 fully saturated rings. The number of fused-ring (bicyclic) bond motifs is 1. The van der Waals surface area contributed by atoms with Crippen molar-refractivity contribution in [3.05, 3.63) is 59.7 Å². The maximum absolute atomic E-state index is 12.5. The van der Waals surface area contributed by atoms with E-state index in [2.05, 4.69) is 10.0 Å². The first-order valence-electron chi connectivity index (χ1n) is 8.50. The molecule has 1 aliphatic rings. The van der Waals surface area contributed by atoms with Gasteiger partial charge in [0, 0.05) is 30.5 Å². The minimum absolute atomic E-state index is 0.0459. The molecule has 1 aliphatic heterocycles. The lowest BCUT2D eigenvalue weighted by molar-refractivity contribution is 0.0924. The van der Waals surface area contributed by atoms with Crippen LogP contribution in [0.3, 0.4) is 0 Å². The lowest BCUT2D eigenvalue weighted by Gasteiger charge is -2.26. The molecule has 2 aromatic carbocycles. The van der Waals surface area contributed by atoms with Gasteiger partial charge in [-0.15, -0.1) is 0 Å². The van der Waals surface area contributed by atoms with E-state index < -0.39 is 10.0 Å². The summed E-state index contributed by atoms with van der Waals surface area (Å²) in [6.07, 6.45) is 0.754. The number of sulfonamides is 1. The highest BCUT2D eigenvalue weighted by molar-refractivity contribution is 7.89. The average molecular weight is 385 g/mol. The third-order valence-corrected chi connectivity index (χ3v) is 5.70. The predicted molar refractivity (Wildman–Crippen MR) is 98.6 cm³/mol. The molecule has 0 spiro atoms. The molecule has 0 aromatic heterocycles. The molecule has 7 nitrogen and oxygen atoms in total. The molecule has 0 saturated heterocycles. The Balaban J connectivity index is 1.69. The van der Waals surface area contributed by atoms with Crippen LogP contribution >= 0.6 is 0 Å². The minimum Gasteiger partial charge on any atom is -0.493 e. The average Bonchev–Trinajstić information content (AvgIpc) is 2.68. The Kier molecular flexibility index (Phi) is 5.74. The number of carbonyl (C=O) groups is 1. The van der Waals surface area contributed by atoms with Crippen LogP contribution in [0.5, 0.6) is 5.75 Å². The number of para-hydroxylation sites is 1. The Morgan fingerprint density at radius 3 is 2.67 bits per heavy atom. The lowest BCUT2D eigenvalue weighted by atomic mass is 10.00. The van der Waals surface area contributed by atoms with Crippen LogP contribution in [0.25, 0.3) is 0 Å². The molecule has 0 aliphatic carbocycles. The Bertz CT molecular complexity index is 965. The number of ether oxygens (including phenoxy) is 1. The SMILES string of the molecule is N#CCCNS(=O)(=O)c1ccc(C(=O)N[C@H]2CCOc3ccccc32)cc1. The van der Waals surface area contributed by atoms with Crippen molar-refractivity contribution < 1.29 is 17.9 Å². The second kappa shape index (κ2) is 8.20. The van der Waals surface area contributed by atoms with Crippen LogP contribution in [0.4, 0.5) is 0 Å². The monoisotopic (exact) mass is 385 g/mol. The number of nitriles is 1. The summed E-state index contributed by atoms with van der Waals surface area (Å²) in [5.74, 6) is 0.483. The molecule has 0 bridgehead atoms. The van der Waals surface area contributed by atoms with Crippen LogP contribution in [0.15, 0.2) is 53.4 Å². The number of nitrogens with one attached hydrogen (secondary N) is 2. The normalized spacial score (nSPS) is 15.9. The van der Waals surface area contributed by atoms with E-state index >= 15 is 0 Å². The Labute approximate surface area is 158 Å². The van der Waals surface area contributed by atoms with E-state index in [0.29, 0.717) is 18.6 Å². The van der Waals surface area contributed by atoms with Gasteiger partial charge in [-0.1, -0.05) is 18.2 Å². The molecule has 2 aromatic rings. The van der Waals surface area contributed by atoms with Crippen molar-refractivity contribution in [1.82, 2.24) is 10.0 Å². The van der Waals surface area contributed by atoms with Gasteiger partial charge in [0.2, 0.25) is 10.0 Å². The number of benzene rings is 2. The van der Waals surface area contributed by atoms with Gasteiger partial charge in [-0.05, 0) is 30.3 Å². The van der Waals surface area contributed by atoms with E-state index in [4.69, 9.17) is 10.00 Å². The third kappa shape index (κ3) is 4.45. The molecule has 0 radical (unpaired) electrons. The predicted octanol–water partition coefficient (Wildman–Crippen LogP) is 2.13. The number of carbonyl (C=O) groups excluding carboxylic acids is 1. The van der Waals surface area contributed by atoms with Crippen LogP contribution in [0, 0.1) is 11.3 Å². The van der Waals surface area contributed by atoms with Gasteiger partial charge in [-0.25, -0.2) is 13.1 Å². The zero-order valence-corrected chi connectivity index (χ0v) is 15.3. The van der Waals surface area contributed by atoms with E-state index in [0.717, 1.165) is 11.3 Å². The van der Waals surface area contributed by atoms with Crippen molar-refractivity contribution in [1.29, 1.82) is 5.26 Å². The van der Waals surface area contributed by atoms with Crippen LogP contribution in [0.2, 0.25) is 0 Å². The van der Waals surface area contributed by atoms with Gasteiger partial charge in [0.1, 0.15) is 5.75 Å². The smallest absolute Gasteiger partial charge is 0.251 e. The van der Waals surface area contributed by atoms with Crippen LogP contribution < -0.4 is 14.8 Å². The molecule has 1 heterocycles. The molecule has 8 heteroatoms. The number of nitrogens with zero attached hydrogens (tertiary/aromatic N) is 1. The summed E-state index contributed by atoms with van der Waals surface area (Å²) in [5, 5.41) is 11.5. The first kappa shape index (κ1) is 18.9. The van der Waals surface area contributed by atoms with Gasteiger partial charge in [0.05, 0.1) is 23.6 Å². The molecule has 1 amide bonds. The zero-order valence-electron chi connectivity index (χ0n) is 14.5. The molecule has 0 saturated carbocycles. The van der Waals surface area contributed by atoms with E-state index in [9.17, 15) is 13.2 Å². The topological polar surface area (TPSA) is 108 Å². The fourth-order valence-electron chi connectivity index (χ4n) is 2.84. The number of amides is 1. The zero-order chi connectivity index (χ0) is 19.3. The van der Waals surface area contributed by atoms with Crippen LogP contribution in [-0.2, 0) is 10.0 Å². The summed E-state index contributed by atoms with van der Waals surface area (Å²) in [5.41, 5.74) is 1.30. The van der Waals surface area contributed by atoms with Gasteiger partial charge in [-0.3, -0.25) is 4.79 Å². The quantitative estimate of drug-likeness (QED) is 0.741. The van der Waals surface area contributed by atoms with Gasteiger partial charge >= 0.3 is 0 Å². The van der Waals surface area contributed by atoms with E-state index in [1.54, 1.807) is 0 Å². The highest BCUT2D eigenvalue weighted by Crippen LogP contribution is 2.31. The first-order valence-corrected chi connectivity index (χ1v) is 9.99. The van der Waals surface area contributed by atoms with Crippen molar-refractivity contribution >= 4 is 15.9 Å². The first-order chi connectivity index (χ1) is 13.0. The number of hydrogen-bond donors (Lipinski definition) is 2. The van der Waals surface area contributed by atoms with Gasteiger partial charge in [-0.2, -0.15) is 5.26 Å². The minimum atomic E-state index is -3.69. The standard InChI is InChI=1S/C19H19N3O4S/c20-11-3-12-21-27(24,25)15-8-6-14(7-9-15)19(23)22-17-10-13-26-18-5-2-1-4-16(17)18/h1-2,4-9,17,21H,3,10,12-13H2,(H,22,23)/t17-/m0/s1. The van der Waals surface area contributed by atoms with Crippen molar-refractivity contribution in [2.75, 3.05) is 13.2 Å². The molecule has 27 heavy (non-hydrogen) atoms. The van der Waals surface area contributed by atoms with Crippen LogP contribution in [-0.4, -0.2) is 27.5 Å². The fraction of sp³-hybridized carbons (Fsp3) is 0.263. The highest BCUT2D eigenvalue weighted by Gasteiger charge is 2.23. The van der Waals surface area contributed by atoms with E-state index in [1.165, 1.54) is 24.3 Å². The van der Waals surface area contributed by atoms with Crippen molar-refractivity contribution in [2.45, 2.75) is 23.8 Å². The summed E-state index contributed by atoms with van der Waals surface area (Å²) in [6, 6.07) is 15.0. The Morgan fingerprint density at radius 2 is 1.93 bits per heavy atom. The second-order valence-electron chi connectivity index (χ2n) is 6.03. The largest absolute Gasteiger partial charge is 0.493 e. The van der Waals surface area contributed by atoms with Crippen molar-refractivity contribution in [2.24, 2.45) is 0 Å². The molecule has 1 atom stereocenters. The fourth-order valence-corrected chi connectivity index (χ4v) is 3.88. The van der Waals surface area contributed by atoms with E-state index in [1.807, 2.05) is 30.3 Å². The maximum atomic E-state index is 12.5. The lowest BCUT2D eigenvalue weighted by Crippen LogP contribution is -2.32. The van der Waals surface area contributed by atoms with E-state index in [-0.39, 0.29) is 29.8 Å². The third-order valence-electron chi connectivity index (χ3n) is 4.22. The molecule has 140 valence electrons. The summed E-state index contributed by atoms with van der Waals surface area (Å²) >= 11 is 0. The van der Waals surface area contributed by atoms with Crippen molar-refractivity contribution in [3.8, 4) is 11.8 Å². The van der Waals surface area contributed by atoms with Gasteiger partial charge in [0.15, 0.2) is 0 Å². The Morgan fingerprint density at radius 1 is 1.19 bits per heavy atom. The summed E-state index contributed by atoms with van der Waals surface area (Å²) < 4.78 is 32.1. The highest BCUT2D eigenvalue weighted by atomic mass is 32.2. The summed E-state index contributed by atoms with van der Waals surface area (Å²) in [6.45, 7) is 0.567. The summed E-state index contributed by atoms with van der Waals surface area (Å²) in [7, 11) is -3.69. The number of hydrogen-bond acceptors (Lipinski definition) is 5. The molecule has 2 N–H and O–H groups in total. The summed E-state index contributed by atoms with van der Waals surface area (Å²) in [4.78, 5) is 12.6. The van der Waals surface area contributed by atoms with Gasteiger partial charge in [0.25, 0.3) is 5.91 Å². The maximum Gasteiger partial charge on any atom is 0.251 e. The molecule has 0 unspecified atom stereocenters. The Hall–Kier alpha value is -2.89. The second-order valence-corrected chi connectivity index (χ2v) is 7.80. The molecular formula is C19H19N3O4S. The number of rotatable bonds is 6. The van der Waals surface area contributed by atoms with Crippen LogP contribution in [0.1, 0.15) is 34.8 Å². The van der Waals surface area contributed by atoms with Gasteiger partial charge < -0.3 is 10.1 Å². The molecular weight excluding hydrogens is 366 g/mol. The van der Waals surface area contributed by atoms with Crippen molar-refractivity contribution in [3.63, 3.8) is 0 Å². The molecule has 3 rings (SSSR count).